The number of aromatic nitrogens is 6. The van der Waals surface area contributed by atoms with Gasteiger partial charge in [-0.25, -0.2) is 4.39 Å². The van der Waals surface area contributed by atoms with E-state index in [0.29, 0.717) is 23.2 Å². The molecule has 0 radical (unpaired) electrons. The molecule has 0 N–H and O–H groups in total. The van der Waals surface area contributed by atoms with E-state index in [1.54, 1.807) is 43.0 Å². The molecule has 8 heteroatoms. The largest absolute Gasteiger partial charge is 0.207 e. The van der Waals surface area contributed by atoms with Crippen LogP contribution < -0.4 is 0 Å². The molecule has 2 heterocycles. The van der Waals surface area contributed by atoms with Crippen molar-refractivity contribution in [1.82, 2.24) is 30.0 Å². The third kappa shape index (κ3) is 3.18. The van der Waals surface area contributed by atoms with Gasteiger partial charge in [-0.3, -0.25) is 0 Å². The molecule has 4 aromatic rings. The summed E-state index contributed by atoms with van der Waals surface area (Å²) in [5.41, 5.74) is 4.31. The molecule has 0 unspecified atom stereocenters. The number of hydrogen-bond acceptors (Lipinski definition) is 5. The minimum absolute atomic E-state index is 0.354. The lowest BCUT2D eigenvalue weighted by Crippen LogP contribution is -2.09. The Kier molecular flexibility index (Phi) is 4.18. The average molecular weight is 359 g/mol. The molecular formula is C19H14FN7. The first-order valence-corrected chi connectivity index (χ1v) is 8.21. The SMILES string of the molecule is Cc1cc(C#N)cc(Cc2cc(F)ccc2-n2nccn2)c1-n1nccn1. The summed E-state index contributed by atoms with van der Waals surface area (Å²) in [5, 5.41) is 26.1. The maximum Gasteiger partial charge on any atom is 0.123 e. The standard InChI is InChI=1S/C19H14FN7/c1-13-8-14(12-21)9-16(19(13)27-24-6-7-25-27)10-15-11-17(20)2-3-18(15)26-22-4-5-23-26/h2-9,11H,10H2,1H3. The van der Waals surface area contributed by atoms with Crippen LogP contribution >= 0.6 is 0 Å². The molecule has 0 aliphatic heterocycles. The highest BCUT2D eigenvalue weighted by molar-refractivity contribution is 5.55. The van der Waals surface area contributed by atoms with Crippen molar-refractivity contribution in [3.8, 4) is 17.4 Å². The number of halogens is 1. The van der Waals surface area contributed by atoms with Crippen LogP contribution in [0.25, 0.3) is 11.4 Å². The molecule has 0 aliphatic carbocycles. The van der Waals surface area contributed by atoms with E-state index in [0.717, 1.165) is 16.8 Å². The fourth-order valence-corrected chi connectivity index (χ4v) is 3.11. The van der Waals surface area contributed by atoms with Crippen molar-refractivity contribution in [2.24, 2.45) is 0 Å². The van der Waals surface area contributed by atoms with Gasteiger partial charge >= 0.3 is 0 Å². The Hall–Kier alpha value is -3.86. The quantitative estimate of drug-likeness (QED) is 0.559. The van der Waals surface area contributed by atoms with Crippen molar-refractivity contribution >= 4 is 0 Å². The van der Waals surface area contributed by atoms with E-state index in [9.17, 15) is 9.65 Å². The molecule has 27 heavy (non-hydrogen) atoms. The summed E-state index contributed by atoms with van der Waals surface area (Å²) in [4.78, 5) is 2.96. The van der Waals surface area contributed by atoms with Crippen molar-refractivity contribution in [3.05, 3.63) is 83.2 Å². The minimum atomic E-state index is -0.354. The van der Waals surface area contributed by atoms with Crippen molar-refractivity contribution < 1.29 is 4.39 Å². The van der Waals surface area contributed by atoms with Gasteiger partial charge in [0.05, 0.1) is 47.8 Å². The fourth-order valence-electron chi connectivity index (χ4n) is 3.11. The van der Waals surface area contributed by atoms with E-state index in [1.165, 1.54) is 21.7 Å². The van der Waals surface area contributed by atoms with Crippen LogP contribution in [0.15, 0.2) is 55.1 Å². The van der Waals surface area contributed by atoms with Crippen molar-refractivity contribution in [2.75, 3.05) is 0 Å². The first kappa shape index (κ1) is 16.6. The van der Waals surface area contributed by atoms with Crippen molar-refractivity contribution in [3.63, 3.8) is 0 Å². The second kappa shape index (κ2) is 6.80. The fraction of sp³-hybridized carbons (Fsp3) is 0.105. The third-order valence-corrected chi connectivity index (χ3v) is 4.18. The van der Waals surface area contributed by atoms with E-state index < -0.39 is 0 Å². The van der Waals surface area contributed by atoms with E-state index in [4.69, 9.17) is 0 Å². The van der Waals surface area contributed by atoms with Crippen molar-refractivity contribution in [1.29, 1.82) is 5.26 Å². The molecule has 7 nitrogen and oxygen atoms in total. The predicted molar refractivity (Wildman–Crippen MR) is 94.9 cm³/mol. The predicted octanol–water partition coefficient (Wildman–Crippen LogP) is 2.76. The van der Waals surface area contributed by atoms with Gasteiger partial charge in [-0.15, -0.1) is 0 Å². The summed E-state index contributed by atoms with van der Waals surface area (Å²) >= 11 is 0. The zero-order chi connectivity index (χ0) is 18.8. The van der Waals surface area contributed by atoms with Gasteiger partial charge in [0, 0.05) is 6.42 Å². The lowest BCUT2D eigenvalue weighted by atomic mass is 9.97. The molecule has 2 aromatic carbocycles. The van der Waals surface area contributed by atoms with Gasteiger partial charge in [-0.1, -0.05) is 0 Å². The Balaban J connectivity index is 1.88. The highest BCUT2D eigenvalue weighted by Gasteiger charge is 2.16. The molecule has 0 amide bonds. The smallest absolute Gasteiger partial charge is 0.123 e. The van der Waals surface area contributed by atoms with Gasteiger partial charge < -0.3 is 0 Å². The molecule has 0 bridgehead atoms. The van der Waals surface area contributed by atoms with E-state index in [2.05, 4.69) is 26.5 Å². The topological polar surface area (TPSA) is 85.2 Å². The van der Waals surface area contributed by atoms with Gasteiger partial charge in [-0.2, -0.15) is 35.2 Å². The molecule has 0 fully saturated rings. The summed E-state index contributed by atoms with van der Waals surface area (Å²) in [6, 6.07) is 10.2. The van der Waals surface area contributed by atoms with Gasteiger partial charge in [0.25, 0.3) is 0 Å². The summed E-state index contributed by atoms with van der Waals surface area (Å²) in [5.74, 6) is -0.354. The zero-order valence-corrected chi connectivity index (χ0v) is 14.4. The molecule has 0 atom stereocenters. The average Bonchev–Trinajstić information content (AvgIpc) is 3.35. The van der Waals surface area contributed by atoms with Crippen LogP contribution in [0.3, 0.4) is 0 Å². The van der Waals surface area contributed by atoms with Gasteiger partial charge in [-0.05, 0) is 53.9 Å². The first-order valence-electron chi connectivity index (χ1n) is 8.21. The molecule has 0 saturated heterocycles. The van der Waals surface area contributed by atoms with Crippen LogP contribution in [0.5, 0.6) is 0 Å². The highest BCUT2D eigenvalue weighted by Crippen LogP contribution is 2.26. The Labute approximate surface area is 154 Å². The molecule has 132 valence electrons. The lowest BCUT2D eigenvalue weighted by molar-refractivity contribution is 0.623. The van der Waals surface area contributed by atoms with Crippen LogP contribution in [-0.2, 0) is 6.42 Å². The summed E-state index contributed by atoms with van der Waals surface area (Å²) in [6.45, 7) is 1.89. The number of nitrogens with zero attached hydrogens (tertiary/aromatic N) is 7. The summed E-state index contributed by atoms with van der Waals surface area (Å²) in [6.07, 6.45) is 6.66. The summed E-state index contributed by atoms with van der Waals surface area (Å²) in [7, 11) is 0. The molecule has 0 aliphatic rings. The van der Waals surface area contributed by atoms with Crippen LogP contribution in [0.4, 0.5) is 4.39 Å². The molecule has 4 rings (SSSR count). The normalized spacial score (nSPS) is 10.7. The van der Waals surface area contributed by atoms with E-state index in [-0.39, 0.29) is 5.82 Å². The number of rotatable bonds is 4. The minimum Gasteiger partial charge on any atom is -0.207 e. The Bertz CT molecular complexity index is 1130. The number of aryl methyl sites for hydroxylation is 1. The van der Waals surface area contributed by atoms with Crippen LogP contribution in [-0.4, -0.2) is 30.0 Å². The van der Waals surface area contributed by atoms with Crippen LogP contribution in [0, 0.1) is 24.1 Å². The highest BCUT2D eigenvalue weighted by atomic mass is 19.1. The lowest BCUT2D eigenvalue weighted by Gasteiger charge is -2.14. The second-order valence-corrected chi connectivity index (χ2v) is 6.00. The third-order valence-electron chi connectivity index (χ3n) is 4.18. The Morgan fingerprint density at radius 1 is 0.926 bits per heavy atom. The number of nitriles is 1. The monoisotopic (exact) mass is 359 g/mol. The molecule has 0 saturated carbocycles. The maximum atomic E-state index is 14.0. The van der Waals surface area contributed by atoms with E-state index in [1.807, 2.05) is 6.92 Å². The molecule has 0 spiro atoms. The zero-order valence-electron chi connectivity index (χ0n) is 14.4. The second-order valence-electron chi connectivity index (χ2n) is 6.00. The maximum absolute atomic E-state index is 14.0. The number of hydrogen-bond donors (Lipinski definition) is 0. The molecule has 2 aromatic heterocycles. The van der Waals surface area contributed by atoms with Gasteiger partial charge in [0.1, 0.15) is 5.82 Å². The van der Waals surface area contributed by atoms with Crippen LogP contribution in [0.2, 0.25) is 0 Å². The molecular weight excluding hydrogens is 345 g/mol. The van der Waals surface area contributed by atoms with Crippen LogP contribution in [0.1, 0.15) is 22.3 Å². The van der Waals surface area contributed by atoms with Crippen molar-refractivity contribution in [2.45, 2.75) is 13.3 Å². The first-order chi connectivity index (χ1) is 13.2. The Morgan fingerprint density at radius 3 is 2.26 bits per heavy atom. The van der Waals surface area contributed by atoms with Gasteiger partial charge in [0.15, 0.2) is 0 Å². The number of benzene rings is 2. The Morgan fingerprint density at radius 2 is 1.59 bits per heavy atom. The summed E-state index contributed by atoms with van der Waals surface area (Å²) < 4.78 is 14.0. The van der Waals surface area contributed by atoms with Gasteiger partial charge in [0.2, 0.25) is 0 Å². The van der Waals surface area contributed by atoms with E-state index >= 15 is 0 Å².